The topological polar surface area (TPSA) is 117 Å². The number of nitrogens with one attached hydrogen (secondary N) is 3. The Bertz CT molecular complexity index is 1830. The van der Waals surface area contributed by atoms with Crippen LogP contribution in [0.2, 0.25) is 10.0 Å². The molecule has 1 unspecified atom stereocenters. The van der Waals surface area contributed by atoms with E-state index in [-0.39, 0.29) is 46.3 Å². The van der Waals surface area contributed by atoms with Crippen molar-refractivity contribution in [3.05, 3.63) is 140 Å². The van der Waals surface area contributed by atoms with E-state index in [1.165, 1.54) is 23.3 Å². The maximum Gasteiger partial charge on any atom is 0.330 e. The Labute approximate surface area is 288 Å². The fourth-order valence-electron chi connectivity index (χ4n) is 6.13. The molecule has 0 fully saturated rings. The lowest BCUT2D eigenvalue weighted by molar-refractivity contribution is -0.147. The maximum absolute atomic E-state index is 13.5. The van der Waals surface area contributed by atoms with Gasteiger partial charge in [0.05, 0.1) is 28.2 Å². The number of carbonyl (C=O) groups excluding carboxylic acids is 4. The van der Waals surface area contributed by atoms with Gasteiger partial charge in [0.25, 0.3) is 11.8 Å². The lowest BCUT2D eigenvalue weighted by Gasteiger charge is -2.29. The Morgan fingerprint density at radius 2 is 1.50 bits per heavy atom. The van der Waals surface area contributed by atoms with E-state index >= 15 is 0 Å². The molecule has 4 aromatic carbocycles. The molecule has 3 N–H and O–H groups in total. The highest BCUT2D eigenvalue weighted by atomic mass is 35.5. The van der Waals surface area contributed by atoms with Crippen molar-refractivity contribution < 1.29 is 23.9 Å². The summed E-state index contributed by atoms with van der Waals surface area (Å²) in [6, 6.07) is 25.8. The summed E-state index contributed by atoms with van der Waals surface area (Å²) in [5.41, 5.74) is 5.41. The SMILES string of the molecule is O=C(NCC(NC(=O)c1c(Cl)cc(C(=O)N2CCc3ccccc3C2)cc1Cl)C(=O)OCc1ccccc1)N[C@@H]1CCc2ccccc21. The van der Waals surface area contributed by atoms with Gasteiger partial charge in [0.15, 0.2) is 0 Å². The molecule has 1 aliphatic heterocycles. The quantitative estimate of drug-likeness (QED) is 0.187. The summed E-state index contributed by atoms with van der Waals surface area (Å²) in [6.07, 6.45) is 2.34. The zero-order valence-corrected chi connectivity index (χ0v) is 27.5. The highest BCUT2D eigenvalue weighted by molar-refractivity contribution is 6.40. The Morgan fingerprint density at radius 1 is 0.833 bits per heavy atom. The number of fused-ring (bicyclic) bond motifs is 2. The fraction of sp³-hybridized carbons (Fsp3) is 0.243. The van der Waals surface area contributed by atoms with Crippen LogP contribution in [0.1, 0.15) is 61.0 Å². The van der Waals surface area contributed by atoms with Crippen LogP contribution in [0.15, 0.2) is 91.0 Å². The van der Waals surface area contributed by atoms with Crippen molar-refractivity contribution in [1.82, 2.24) is 20.9 Å². The summed E-state index contributed by atoms with van der Waals surface area (Å²) >= 11 is 13.1. The van der Waals surface area contributed by atoms with Crippen LogP contribution in [0.5, 0.6) is 0 Å². The average molecular weight is 686 g/mol. The maximum atomic E-state index is 13.5. The third kappa shape index (κ3) is 7.64. The van der Waals surface area contributed by atoms with Crippen molar-refractivity contribution in [2.45, 2.75) is 44.5 Å². The molecule has 2 atom stereocenters. The summed E-state index contributed by atoms with van der Waals surface area (Å²) in [6.45, 7) is 0.694. The van der Waals surface area contributed by atoms with Gasteiger partial charge in [-0.25, -0.2) is 9.59 Å². The predicted octanol–water partition coefficient (Wildman–Crippen LogP) is 6.02. The number of ether oxygens (including phenoxy) is 1. The van der Waals surface area contributed by atoms with Crippen LogP contribution < -0.4 is 16.0 Å². The lowest BCUT2D eigenvalue weighted by Crippen LogP contribution is -2.51. The van der Waals surface area contributed by atoms with Gasteiger partial charge in [-0.05, 0) is 59.2 Å². The molecule has 9 nitrogen and oxygen atoms in total. The first-order valence-electron chi connectivity index (χ1n) is 15.8. The van der Waals surface area contributed by atoms with Crippen LogP contribution in [0.25, 0.3) is 0 Å². The second-order valence-corrected chi connectivity index (χ2v) is 12.6. The van der Waals surface area contributed by atoms with Gasteiger partial charge in [-0.15, -0.1) is 0 Å². The second kappa shape index (κ2) is 14.9. The highest BCUT2D eigenvalue weighted by Crippen LogP contribution is 2.31. The molecule has 11 heteroatoms. The van der Waals surface area contributed by atoms with Crippen LogP contribution in [0.3, 0.4) is 0 Å². The van der Waals surface area contributed by atoms with E-state index in [9.17, 15) is 19.2 Å². The Balaban J connectivity index is 1.14. The van der Waals surface area contributed by atoms with E-state index in [1.807, 2.05) is 60.7 Å². The highest BCUT2D eigenvalue weighted by Gasteiger charge is 2.29. The third-order valence-corrected chi connectivity index (χ3v) is 9.25. The van der Waals surface area contributed by atoms with Crippen molar-refractivity contribution >= 4 is 47.0 Å². The number of urea groups is 1. The van der Waals surface area contributed by atoms with Gasteiger partial charge in [-0.3, -0.25) is 9.59 Å². The summed E-state index contributed by atoms with van der Waals surface area (Å²) in [5.74, 6) is -1.78. The first-order chi connectivity index (χ1) is 23.3. The number of hydrogen-bond donors (Lipinski definition) is 3. The Kier molecular flexibility index (Phi) is 10.3. The molecule has 48 heavy (non-hydrogen) atoms. The minimum atomic E-state index is -1.27. The first kappa shape index (κ1) is 33.1. The number of aryl methyl sites for hydroxylation is 1. The molecule has 4 aromatic rings. The van der Waals surface area contributed by atoms with E-state index in [2.05, 4.69) is 22.0 Å². The average Bonchev–Trinajstić information content (AvgIpc) is 3.50. The number of hydrogen-bond acceptors (Lipinski definition) is 5. The Morgan fingerprint density at radius 3 is 2.25 bits per heavy atom. The molecule has 0 saturated heterocycles. The van der Waals surface area contributed by atoms with Crippen molar-refractivity contribution in [1.29, 1.82) is 0 Å². The number of nitrogens with zero attached hydrogens (tertiary/aromatic N) is 1. The number of benzene rings is 4. The number of carbonyl (C=O) groups is 4. The van der Waals surface area contributed by atoms with E-state index in [0.29, 0.717) is 13.1 Å². The first-order valence-corrected chi connectivity index (χ1v) is 16.5. The molecule has 0 aromatic heterocycles. The standard InChI is InChI=1S/C37H34Cl2N4O5/c38-29-18-27(35(45)43-17-16-24-10-4-5-12-26(24)21-43)19-30(39)33(29)34(44)41-32(36(46)48-22-23-8-2-1-3-9-23)20-40-37(47)42-31-15-14-25-11-6-7-13-28(25)31/h1-13,18-19,31-32H,14-17,20-22H2,(H,41,44)(H2,40,42,47)/t31-,32?/m1/s1. The van der Waals surface area contributed by atoms with Gasteiger partial charge in [0.1, 0.15) is 12.6 Å². The predicted molar refractivity (Wildman–Crippen MR) is 183 cm³/mol. The second-order valence-electron chi connectivity index (χ2n) is 11.8. The fourth-order valence-corrected chi connectivity index (χ4v) is 6.79. The van der Waals surface area contributed by atoms with Crippen LogP contribution in [0, 0.1) is 0 Å². The summed E-state index contributed by atoms with van der Waals surface area (Å²) in [4.78, 5) is 54.8. The molecule has 0 bridgehead atoms. The van der Waals surface area contributed by atoms with Gasteiger partial charge in [-0.2, -0.15) is 0 Å². The van der Waals surface area contributed by atoms with Crippen molar-refractivity contribution in [2.75, 3.05) is 13.1 Å². The van der Waals surface area contributed by atoms with Gasteiger partial charge < -0.3 is 25.6 Å². The minimum Gasteiger partial charge on any atom is -0.459 e. The summed E-state index contributed by atoms with van der Waals surface area (Å²) < 4.78 is 5.50. The van der Waals surface area contributed by atoms with Crippen molar-refractivity contribution in [3.63, 3.8) is 0 Å². The molecule has 0 spiro atoms. The van der Waals surface area contributed by atoms with Gasteiger partial charge >= 0.3 is 12.0 Å². The molecular formula is C37H34Cl2N4O5. The molecular weight excluding hydrogens is 651 g/mol. The van der Waals surface area contributed by atoms with Crippen LogP contribution in [-0.4, -0.2) is 47.8 Å². The van der Waals surface area contributed by atoms with E-state index in [0.717, 1.165) is 36.0 Å². The number of esters is 1. The molecule has 0 saturated carbocycles. The van der Waals surface area contributed by atoms with Crippen molar-refractivity contribution in [3.8, 4) is 0 Å². The van der Waals surface area contributed by atoms with Crippen LogP contribution in [-0.2, 0) is 35.5 Å². The largest absolute Gasteiger partial charge is 0.459 e. The number of halogens is 2. The van der Waals surface area contributed by atoms with E-state index in [1.54, 1.807) is 17.0 Å². The third-order valence-electron chi connectivity index (χ3n) is 8.65. The lowest BCUT2D eigenvalue weighted by atomic mass is 9.99. The van der Waals surface area contributed by atoms with E-state index < -0.39 is 23.9 Å². The monoisotopic (exact) mass is 684 g/mol. The van der Waals surface area contributed by atoms with E-state index in [4.69, 9.17) is 27.9 Å². The smallest absolute Gasteiger partial charge is 0.330 e. The molecule has 246 valence electrons. The summed E-state index contributed by atoms with van der Waals surface area (Å²) in [7, 11) is 0. The Hall–Kier alpha value is -4.86. The minimum absolute atomic E-state index is 0.0314. The zero-order chi connectivity index (χ0) is 33.6. The van der Waals surface area contributed by atoms with Gasteiger partial charge in [0, 0.05) is 18.7 Å². The molecule has 1 aliphatic carbocycles. The molecule has 2 aliphatic rings. The molecule has 0 radical (unpaired) electrons. The normalized spacial score (nSPS) is 15.5. The molecule has 6 rings (SSSR count). The molecule has 4 amide bonds. The molecule has 1 heterocycles. The van der Waals surface area contributed by atoms with Crippen molar-refractivity contribution in [2.24, 2.45) is 0 Å². The number of rotatable bonds is 9. The van der Waals surface area contributed by atoms with Gasteiger partial charge in [-0.1, -0.05) is 102 Å². The van der Waals surface area contributed by atoms with Crippen LogP contribution in [0.4, 0.5) is 4.79 Å². The van der Waals surface area contributed by atoms with Gasteiger partial charge in [0.2, 0.25) is 0 Å². The summed E-state index contributed by atoms with van der Waals surface area (Å²) in [5, 5.41) is 8.15. The zero-order valence-electron chi connectivity index (χ0n) is 26.0. The van der Waals surface area contributed by atoms with Crippen LogP contribution >= 0.6 is 23.2 Å². The number of amides is 4.